The normalized spacial score (nSPS) is 11.2. The zero-order valence-electron chi connectivity index (χ0n) is 13.8. The number of benzene rings is 1. The van der Waals surface area contributed by atoms with Gasteiger partial charge in [-0.3, -0.25) is 4.79 Å². The second-order valence-corrected chi connectivity index (χ2v) is 6.09. The summed E-state index contributed by atoms with van der Waals surface area (Å²) in [7, 11) is 0. The number of hydrogen-bond acceptors (Lipinski definition) is 6. The smallest absolute Gasteiger partial charge is 0.341 e. The summed E-state index contributed by atoms with van der Waals surface area (Å²) in [6.45, 7) is 3.52. The van der Waals surface area contributed by atoms with E-state index in [1.54, 1.807) is 26.0 Å². The Labute approximate surface area is 149 Å². The van der Waals surface area contributed by atoms with Crippen molar-refractivity contribution in [3.8, 4) is 16.5 Å². The summed E-state index contributed by atoms with van der Waals surface area (Å²) in [6.07, 6.45) is 0. The van der Waals surface area contributed by atoms with Gasteiger partial charge in [0.05, 0.1) is 12.2 Å². The number of allylic oxidation sites excluding steroid dienone is 1. The lowest BCUT2D eigenvalue weighted by atomic mass is 10.1. The molecule has 0 radical (unpaired) electrons. The Morgan fingerprint density at radius 3 is 2.56 bits per heavy atom. The number of primary amides is 1. The van der Waals surface area contributed by atoms with Gasteiger partial charge in [-0.2, -0.15) is 5.26 Å². The van der Waals surface area contributed by atoms with Crippen LogP contribution in [0.4, 0.5) is 5.00 Å². The lowest BCUT2D eigenvalue weighted by Gasteiger charge is -2.08. The van der Waals surface area contributed by atoms with Crippen LogP contribution in [0, 0.1) is 11.3 Å². The van der Waals surface area contributed by atoms with Crippen LogP contribution in [0.15, 0.2) is 47.7 Å². The van der Waals surface area contributed by atoms with Gasteiger partial charge in [-0.25, -0.2) is 4.79 Å². The van der Waals surface area contributed by atoms with Crippen LogP contribution in [-0.4, -0.2) is 18.5 Å². The molecule has 2 aromatic rings. The first kappa shape index (κ1) is 18.2. The highest BCUT2D eigenvalue weighted by Crippen LogP contribution is 2.36. The third-order valence-corrected chi connectivity index (χ3v) is 4.42. The minimum atomic E-state index is -0.829. The van der Waals surface area contributed by atoms with E-state index >= 15 is 0 Å². The fourth-order valence-electron chi connectivity index (χ4n) is 2.15. The number of amides is 1. The summed E-state index contributed by atoms with van der Waals surface area (Å²) in [5, 5.41) is 12.5. The molecule has 0 fully saturated rings. The van der Waals surface area contributed by atoms with E-state index in [0.717, 1.165) is 10.4 Å². The van der Waals surface area contributed by atoms with Gasteiger partial charge in [0, 0.05) is 10.6 Å². The van der Waals surface area contributed by atoms with Gasteiger partial charge < -0.3 is 15.8 Å². The Bertz CT molecular complexity index is 863. The lowest BCUT2D eigenvalue weighted by molar-refractivity contribution is -0.114. The molecule has 0 saturated heterocycles. The molecular weight excluding hydrogens is 338 g/mol. The SMILES string of the molecule is CCOC(=O)c1cc(-c2ccccc2)sc1N/C(C)=C(\C#N)C(N)=O. The van der Waals surface area contributed by atoms with Crippen LogP contribution in [0.5, 0.6) is 0 Å². The maximum atomic E-state index is 12.2. The Morgan fingerprint density at radius 1 is 1.32 bits per heavy atom. The molecule has 0 aliphatic rings. The number of nitrogens with zero attached hydrogens (tertiary/aromatic N) is 1. The standard InChI is InChI=1S/C18H17N3O3S/c1-3-24-18(23)13-9-15(12-7-5-4-6-8-12)25-17(13)21-11(2)14(10-19)16(20)22/h4-9,21H,3H2,1-2H3,(H2,20,22)/b14-11+. The number of esters is 1. The van der Waals surface area contributed by atoms with Gasteiger partial charge in [-0.05, 0) is 25.5 Å². The molecule has 0 aliphatic heterocycles. The van der Waals surface area contributed by atoms with Crippen LogP contribution in [0.2, 0.25) is 0 Å². The third-order valence-electron chi connectivity index (χ3n) is 3.32. The lowest BCUT2D eigenvalue weighted by Crippen LogP contribution is -2.17. The molecule has 0 aliphatic carbocycles. The largest absolute Gasteiger partial charge is 0.462 e. The quantitative estimate of drug-likeness (QED) is 0.470. The van der Waals surface area contributed by atoms with Crippen molar-refractivity contribution in [1.82, 2.24) is 0 Å². The summed E-state index contributed by atoms with van der Waals surface area (Å²) in [4.78, 5) is 24.4. The summed E-state index contributed by atoms with van der Waals surface area (Å²) < 4.78 is 5.09. The summed E-state index contributed by atoms with van der Waals surface area (Å²) in [5.41, 5.74) is 6.57. The molecule has 6 nitrogen and oxygen atoms in total. The highest BCUT2D eigenvalue weighted by atomic mass is 32.1. The van der Waals surface area contributed by atoms with Gasteiger partial charge in [0.25, 0.3) is 5.91 Å². The average Bonchev–Trinajstić information content (AvgIpc) is 3.00. The first-order valence-corrected chi connectivity index (χ1v) is 8.33. The van der Waals surface area contributed by atoms with Crippen LogP contribution in [0.1, 0.15) is 24.2 Å². The van der Waals surface area contributed by atoms with E-state index in [9.17, 15) is 9.59 Å². The predicted molar refractivity (Wildman–Crippen MR) is 96.8 cm³/mol. The van der Waals surface area contributed by atoms with Crippen LogP contribution in [0.3, 0.4) is 0 Å². The van der Waals surface area contributed by atoms with Crippen LogP contribution in [0.25, 0.3) is 10.4 Å². The number of nitrogens with two attached hydrogens (primary N) is 1. The minimum Gasteiger partial charge on any atom is -0.462 e. The van der Waals surface area contributed by atoms with Crippen LogP contribution >= 0.6 is 11.3 Å². The van der Waals surface area contributed by atoms with E-state index in [-0.39, 0.29) is 17.9 Å². The molecule has 3 N–H and O–H groups in total. The number of rotatable bonds is 6. The fourth-order valence-corrected chi connectivity index (χ4v) is 3.25. The molecule has 0 unspecified atom stereocenters. The number of carbonyl (C=O) groups is 2. The first-order valence-electron chi connectivity index (χ1n) is 7.52. The van der Waals surface area contributed by atoms with Crippen LogP contribution in [-0.2, 0) is 9.53 Å². The predicted octanol–water partition coefficient (Wildman–Crippen LogP) is 3.29. The molecule has 128 valence electrons. The molecule has 0 atom stereocenters. The van der Waals surface area contributed by atoms with Gasteiger partial charge >= 0.3 is 5.97 Å². The average molecular weight is 355 g/mol. The number of thiophene rings is 1. The molecule has 0 bridgehead atoms. The molecule has 25 heavy (non-hydrogen) atoms. The van der Waals surface area contributed by atoms with Crippen molar-refractivity contribution in [2.24, 2.45) is 5.73 Å². The molecule has 0 saturated carbocycles. The van der Waals surface area contributed by atoms with Crippen molar-refractivity contribution in [1.29, 1.82) is 5.26 Å². The Hall–Kier alpha value is -3.11. The van der Waals surface area contributed by atoms with Crippen LogP contribution < -0.4 is 11.1 Å². The topological polar surface area (TPSA) is 105 Å². The second-order valence-electron chi connectivity index (χ2n) is 5.04. The summed E-state index contributed by atoms with van der Waals surface area (Å²) in [5.74, 6) is -1.31. The fraction of sp³-hybridized carbons (Fsp3) is 0.167. The Balaban J connectivity index is 2.48. The zero-order valence-corrected chi connectivity index (χ0v) is 14.6. The highest BCUT2D eigenvalue weighted by Gasteiger charge is 2.19. The van der Waals surface area contributed by atoms with Crippen molar-refractivity contribution in [3.05, 3.63) is 53.2 Å². The van der Waals surface area contributed by atoms with Gasteiger partial charge in [0.15, 0.2) is 0 Å². The van der Waals surface area contributed by atoms with E-state index < -0.39 is 11.9 Å². The number of nitrogens with one attached hydrogen (secondary N) is 1. The molecule has 0 spiro atoms. The van der Waals surface area contributed by atoms with Crippen molar-refractivity contribution < 1.29 is 14.3 Å². The molecule has 7 heteroatoms. The molecule has 1 heterocycles. The minimum absolute atomic E-state index is 0.190. The van der Waals surface area contributed by atoms with Crippen molar-refractivity contribution in [3.63, 3.8) is 0 Å². The Morgan fingerprint density at radius 2 is 2.00 bits per heavy atom. The number of ether oxygens (including phenoxy) is 1. The number of carbonyl (C=O) groups excluding carboxylic acids is 2. The molecule has 1 aromatic heterocycles. The highest BCUT2D eigenvalue weighted by molar-refractivity contribution is 7.19. The molecule has 1 aromatic carbocycles. The zero-order chi connectivity index (χ0) is 18.4. The van der Waals surface area contributed by atoms with E-state index in [1.165, 1.54) is 11.3 Å². The molecular formula is C18H17N3O3S. The number of hydrogen-bond donors (Lipinski definition) is 2. The first-order chi connectivity index (χ1) is 12.0. The van der Waals surface area contributed by atoms with Gasteiger partial charge in [-0.1, -0.05) is 30.3 Å². The van der Waals surface area contributed by atoms with E-state index in [4.69, 9.17) is 15.7 Å². The van der Waals surface area contributed by atoms with E-state index in [2.05, 4.69) is 5.32 Å². The van der Waals surface area contributed by atoms with Gasteiger partial charge in [-0.15, -0.1) is 11.3 Å². The maximum Gasteiger partial charge on any atom is 0.341 e. The molecule has 2 rings (SSSR count). The second kappa shape index (κ2) is 8.13. The summed E-state index contributed by atoms with van der Waals surface area (Å²) >= 11 is 1.33. The molecule has 1 amide bonds. The Kier molecular flexibility index (Phi) is 5.93. The van der Waals surface area contributed by atoms with Gasteiger partial charge in [0.1, 0.15) is 16.6 Å². The van der Waals surface area contributed by atoms with E-state index in [1.807, 2.05) is 30.3 Å². The summed E-state index contributed by atoms with van der Waals surface area (Å²) in [6, 6.07) is 13.1. The van der Waals surface area contributed by atoms with Crippen molar-refractivity contribution in [2.45, 2.75) is 13.8 Å². The number of nitriles is 1. The third kappa shape index (κ3) is 4.25. The maximum absolute atomic E-state index is 12.2. The van der Waals surface area contributed by atoms with E-state index in [0.29, 0.717) is 10.6 Å². The van der Waals surface area contributed by atoms with Crippen molar-refractivity contribution in [2.75, 3.05) is 11.9 Å². The monoisotopic (exact) mass is 355 g/mol. The number of anilines is 1. The van der Waals surface area contributed by atoms with Crippen molar-refractivity contribution >= 4 is 28.2 Å². The van der Waals surface area contributed by atoms with Gasteiger partial charge in [0.2, 0.25) is 0 Å².